The fourth-order valence-corrected chi connectivity index (χ4v) is 0.623. The van der Waals surface area contributed by atoms with Gasteiger partial charge in [-0.2, -0.15) is 13.2 Å². The maximum absolute atomic E-state index is 11.8. The Morgan fingerprint density at radius 3 is 2.42 bits per heavy atom. The minimum Gasteiger partial charge on any atom is -0.463 e. The SMILES string of the molecule is CCOC(=O)C=C(I)C(F)(F)F. The van der Waals surface area contributed by atoms with Gasteiger partial charge in [-0.1, -0.05) is 0 Å². The van der Waals surface area contributed by atoms with Crippen molar-refractivity contribution in [1.82, 2.24) is 0 Å². The molecular formula is C6H6F3IO2. The molecule has 0 radical (unpaired) electrons. The highest BCUT2D eigenvalue weighted by atomic mass is 127. The fourth-order valence-electron chi connectivity index (χ4n) is 0.369. The lowest BCUT2D eigenvalue weighted by atomic mass is 10.5. The van der Waals surface area contributed by atoms with Gasteiger partial charge in [0.05, 0.1) is 6.61 Å². The van der Waals surface area contributed by atoms with Crippen molar-refractivity contribution >= 4 is 28.6 Å². The molecule has 0 saturated carbocycles. The third kappa shape index (κ3) is 4.58. The molecule has 0 spiro atoms. The van der Waals surface area contributed by atoms with E-state index in [0.29, 0.717) is 6.08 Å². The van der Waals surface area contributed by atoms with Crippen LogP contribution in [0.2, 0.25) is 0 Å². The van der Waals surface area contributed by atoms with E-state index in [1.54, 1.807) is 0 Å². The zero-order chi connectivity index (χ0) is 9.78. The third-order valence-electron chi connectivity index (χ3n) is 0.802. The molecule has 0 aromatic rings. The predicted octanol–water partition coefficient (Wildman–Crippen LogP) is 2.43. The molecule has 0 aromatic carbocycles. The van der Waals surface area contributed by atoms with Crippen LogP contribution in [-0.2, 0) is 9.53 Å². The summed E-state index contributed by atoms with van der Waals surface area (Å²) in [6.07, 6.45) is -4.04. The molecule has 2 nitrogen and oxygen atoms in total. The molecule has 0 aliphatic heterocycles. The van der Waals surface area contributed by atoms with Crippen molar-refractivity contribution in [2.75, 3.05) is 6.61 Å². The molecule has 0 heterocycles. The number of ether oxygens (including phenoxy) is 1. The van der Waals surface area contributed by atoms with E-state index in [1.807, 2.05) is 0 Å². The standard InChI is InChI=1S/C6H6F3IO2/c1-2-12-5(11)3-4(10)6(7,8)9/h3H,2H2,1H3. The van der Waals surface area contributed by atoms with Gasteiger partial charge in [0, 0.05) is 6.08 Å². The average Bonchev–Trinajstić information content (AvgIpc) is 1.85. The molecule has 0 aliphatic carbocycles. The van der Waals surface area contributed by atoms with Gasteiger partial charge in [-0.3, -0.25) is 0 Å². The Bertz CT molecular complexity index is 197. The number of alkyl halides is 3. The summed E-state index contributed by atoms with van der Waals surface area (Å²) < 4.78 is 38.6. The van der Waals surface area contributed by atoms with Gasteiger partial charge in [-0.15, -0.1) is 0 Å². The molecule has 0 aromatic heterocycles. The second kappa shape index (κ2) is 4.68. The van der Waals surface area contributed by atoms with E-state index in [0.717, 1.165) is 22.6 Å². The average molecular weight is 294 g/mol. The van der Waals surface area contributed by atoms with Crippen molar-refractivity contribution in [1.29, 1.82) is 0 Å². The van der Waals surface area contributed by atoms with E-state index < -0.39 is 15.7 Å². The van der Waals surface area contributed by atoms with Crippen LogP contribution < -0.4 is 0 Å². The van der Waals surface area contributed by atoms with Crippen LogP contribution in [0.1, 0.15) is 6.92 Å². The number of esters is 1. The summed E-state index contributed by atoms with van der Waals surface area (Å²) in [5, 5.41) is 0. The Morgan fingerprint density at radius 1 is 1.58 bits per heavy atom. The number of carbonyl (C=O) groups excluding carboxylic acids is 1. The first kappa shape index (κ1) is 11.7. The van der Waals surface area contributed by atoms with E-state index in [4.69, 9.17) is 0 Å². The quantitative estimate of drug-likeness (QED) is 0.444. The molecule has 12 heavy (non-hydrogen) atoms. The maximum atomic E-state index is 11.8. The lowest BCUT2D eigenvalue weighted by molar-refractivity contribution is -0.138. The van der Waals surface area contributed by atoms with Gasteiger partial charge in [0.2, 0.25) is 0 Å². The molecule has 0 N–H and O–H groups in total. The van der Waals surface area contributed by atoms with E-state index >= 15 is 0 Å². The molecule has 0 bridgehead atoms. The topological polar surface area (TPSA) is 26.3 Å². The van der Waals surface area contributed by atoms with Gasteiger partial charge in [-0.25, -0.2) is 4.79 Å². The molecule has 0 amide bonds. The molecule has 0 atom stereocenters. The maximum Gasteiger partial charge on any atom is 0.422 e. The Morgan fingerprint density at radius 2 is 2.08 bits per heavy atom. The van der Waals surface area contributed by atoms with Crippen molar-refractivity contribution in [3.8, 4) is 0 Å². The van der Waals surface area contributed by atoms with Gasteiger partial charge < -0.3 is 4.74 Å². The second-order valence-electron chi connectivity index (χ2n) is 1.74. The largest absolute Gasteiger partial charge is 0.463 e. The molecule has 0 saturated heterocycles. The van der Waals surface area contributed by atoms with Crippen LogP contribution >= 0.6 is 22.6 Å². The van der Waals surface area contributed by atoms with Crippen molar-refractivity contribution in [2.45, 2.75) is 13.1 Å². The number of rotatable bonds is 2. The van der Waals surface area contributed by atoms with Gasteiger partial charge in [0.1, 0.15) is 3.58 Å². The van der Waals surface area contributed by atoms with Crippen LogP contribution in [0, 0.1) is 0 Å². The van der Waals surface area contributed by atoms with Crippen LogP contribution in [0.15, 0.2) is 9.66 Å². The monoisotopic (exact) mass is 294 g/mol. The Balaban J connectivity index is 4.26. The first-order valence-corrected chi connectivity index (χ1v) is 4.07. The highest BCUT2D eigenvalue weighted by Gasteiger charge is 2.32. The lowest BCUT2D eigenvalue weighted by Crippen LogP contribution is -2.10. The highest BCUT2D eigenvalue weighted by molar-refractivity contribution is 14.1. The summed E-state index contributed by atoms with van der Waals surface area (Å²) in [4.78, 5) is 10.5. The normalized spacial score (nSPS) is 12.9. The van der Waals surface area contributed by atoms with E-state index in [-0.39, 0.29) is 6.61 Å². The molecule has 0 fully saturated rings. The fraction of sp³-hybridized carbons (Fsp3) is 0.500. The molecule has 6 heteroatoms. The number of halogens is 4. The lowest BCUT2D eigenvalue weighted by Gasteiger charge is -2.03. The van der Waals surface area contributed by atoms with Crippen molar-refractivity contribution < 1.29 is 22.7 Å². The summed E-state index contributed by atoms with van der Waals surface area (Å²) in [6, 6.07) is 0. The number of hydrogen-bond donors (Lipinski definition) is 0. The van der Waals surface area contributed by atoms with Gasteiger partial charge in [0.25, 0.3) is 0 Å². The minimum absolute atomic E-state index is 0.0666. The van der Waals surface area contributed by atoms with Crippen LogP contribution in [0.5, 0.6) is 0 Å². The summed E-state index contributed by atoms with van der Waals surface area (Å²) in [5.74, 6) is -0.973. The summed E-state index contributed by atoms with van der Waals surface area (Å²) in [6.45, 7) is 1.59. The zero-order valence-corrected chi connectivity index (χ0v) is 8.27. The smallest absolute Gasteiger partial charge is 0.422 e. The van der Waals surface area contributed by atoms with Crippen molar-refractivity contribution in [3.05, 3.63) is 9.66 Å². The van der Waals surface area contributed by atoms with Gasteiger partial charge in [-0.05, 0) is 29.5 Å². The number of carbonyl (C=O) groups is 1. The van der Waals surface area contributed by atoms with Crippen LogP contribution in [0.4, 0.5) is 13.2 Å². The summed E-state index contributed by atoms with van der Waals surface area (Å²) in [7, 11) is 0. The Kier molecular flexibility index (Phi) is 4.58. The predicted molar refractivity (Wildman–Crippen MR) is 44.8 cm³/mol. The molecular weight excluding hydrogens is 288 g/mol. The molecule has 0 aliphatic rings. The first-order chi connectivity index (χ1) is 5.38. The Hall–Kier alpha value is -0.270. The van der Waals surface area contributed by atoms with Crippen LogP contribution in [0.3, 0.4) is 0 Å². The first-order valence-electron chi connectivity index (χ1n) is 2.99. The van der Waals surface area contributed by atoms with Gasteiger partial charge in [0.15, 0.2) is 0 Å². The third-order valence-corrected chi connectivity index (χ3v) is 1.72. The number of allylic oxidation sites excluding steroid dienone is 1. The van der Waals surface area contributed by atoms with Crippen molar-refractivity contribution in [3.63, 3.8) is 0 Å². The minimum atomic E-state index is -4.46. The molecule has 0 rings (SSSR count). The zero-order valence-electron chi connectivity index (χ0n) is 6.11. The van der Waals surface area contributed by atoms with Crippen molar-refractivity contribution in [2.24, 2.45) is 0 Å². The van der Waals surface area contributed by atoms with Crippen LogP contribution in [-0.4, -0.2) is 18.8 Å². The van der Waals surface area contributed by atoms with E-state index in [9.17, 15) is 18.0 Å². The Labute approximate surface area is 80.9 Å². The van der Waals surface area contributed by atoms with E-state index in [2.05, 4.69) is 4.74 Å². The highest BCUT2D eigenvalue weighted by Crippen LogP contribution is 2.30. The van der Waals surface area contributed by atoms with Gasteiger partial charge >= 0.3 is 12.1 Å². The molecule has 70 valence electrons. The summed E-state index contributed by atoms with van der Waals surface area (Å²) >= 11 is 1.04. The van der Waals surface area contributed by atoms with Crippen LogP contribution in [0.25, 0.3) is 0 Å². The summed E-state index contributed by atoms with van der Waals surface area (Å²) in [5.41, 5.74) is 0. The van der Waals surface area contributed by atoms with E-state index in [1.165, 1.54) is 6.92 Å². The number of hydrogen-bond acceptors (Lipinski definition) is 2. The molecule has 0 unspecified atom stereocenters. The second-order valence-corrected chi connectivity index (χ2v) is 2.90.